The normalized spacial score (nSPS) is 10.3. The summed E-state index contributed by atoms with van der Waals surface area (Å²) in [5.41, 5.74) is 0.623. The standard InChI is InChI=1S/C13H11Br2NO2/c14-9-3-4-11(12(15)8-9)13(17)16-6-5-10-2-1-7-18-10/h1-4,7-8H,5-6H2,(H,16,17). The molecule has 5 heteroatoms. The number of rotatable bonds is 4. The van der Waals surface area contributed by atoms with Crippen molar-refractivity contribution < 1.29 is 9.21 Å². The fraction of sp³-hybridized carbons (Fsp3) is 0.154. The van der Waals surface area contributed by atoms with Gasteiger partial charge < -0.3 is 9.73 Å². The molecule has 1 N–H and O–H groups in total. The number of hydrogen-bond acceptors (Lipinski definition) is 2. The molecular weight excluding hydrogens is 362 g/mol. The van der Waals surface area contributed by atoms with Gasteiger partial charge in [0.05, 0.1) is 11.8 Å². The number of hydrogen-bond donors (Lipinski definition) is 1. The number of halogens is 2. The Morgan fingerprint density at radius 3 is 2.78 bits per heavy atom. The highest BCUT2D eigenvalue weighted by Gasteiger charge is 2.09. The summed E-state index contributed by atoms with van der Waals surface area (Å²) in [6.45, 7) is 0.550. The molecule has 0 saturated carbocycles. The van der Waals surface area contributed by atoms with Gasteiger partial charge in [0, 0.05) is 21.9 Å². The summed E-state index contributed by atoms with van der Waals surface area (Å²) >= 11 is 6.72. The van der Waals surface area contributed by atoms with Gasteiger partial charge in [0.15, 0.2) is 0 Å². The van der Waals surface area contributed by atoms with Gasteiger partial charge in [-0.3, -0.25) is 4.79 Å². The van der Waals surface area contributed by atoms with Crippen LogP contribution in [-0.4, -0.2) is 12.5 Å². The number of benzene rings is 1. The molecule has 1 aromatic heterocycles. The highest BCUT2D eigenvalue weighted by atomic mass is 79.9. The van der Waals surface area contributed by atoms with Crippen molar-refractivity contribution in [2.24, 2.45) is 0 Å². The van der Waals surface area contributed by atoms with Gasteiger partial charge in [-0.15, -0.1) is 0 Å². The number of amides is 1. The van der Waals surface area contributed by atoms with E-state index in [1.165, 1.54) is 0 Å². The van der Waals surface area contributed by atoms with Crippen molar-refractivity contribution in [1.29, 1.82) is 0 Å². The van der Waals surface area contributed by atoms with Crippen LogP contribution in [0.4, 0.5) is 0 Å². The second-order valence-electron chi connectivity index (χ2n) is 3.71. The molecule has 1 heterocycles. The summed E-state index contributed by atoms with van der Waals surface area (Å²) in [5, 5.41) is 2.85. The van der Waals surface area contributed by atoms with Crippen LogP contribution in [0.25, 0.3) is 0 Å². The van der Waals surface area contributed by atoms with Crippen molar-refractivity contribution in [3.8, 4) is 0 Å². The maximum Gasteiger partial charge on any atom is 0.252 e. The molecule has 0 aliphatic rings. The zero-order valence-corrected chi connectivity index (χ0v) is 12.6. The van der Waals surface area contributed by atoms with Crippen LogP contribution in [0.1, 0.15) is 16.1 Å². The summed E-state index contributed by atoms with van der Waals surface area (Å²) in [6.07, 6.45) is 2.31. The fourth-order valence-electron chi connectivity index (χ4n) is 1.52. The van der Waals surface area contributed by atoms with Gasteiger partial charge in [0.25, 0.3) is 5.91 Å². The molecule has 0 spiro atoms. The first-order chi connectivity index (χ1) is 8.66. The molecular formula is C13H11Br2NO2. The lowest BCUT2D eigenvalue weighted by molar-refractivity contribution is 0.0953. The van der Waals surface area contributed by atoms with E-state index < -0.39 is 0 Å². The van der Waals surface area contributed by atoms with Crippen LogP contribution in [0.3, 0.4) is 0 Å². The van der Waals surface area contributed by atoms with E-state index in [1.807, 2.05) is 24.3 Å². The van der Waals surface area contributed by atoms with E-state index >= 15 is 0 Å². The van der Waals surface area contributed by atoms with Crippen molar-refractivity contribution in [2.45, 2.75) is 6.42 Å². The van der Waals surface area contributed by atoms with E-state index in [4.69, 9.17) is 4.42 Å². The van der Waals surface area contributed by atoms with Crippen LogP contribution in [0.2, 0.25) is 0 Å². The minimum absolute atomic E-state index is 0.0964. The van der Waals surface area contributed by atoms with E-state index in [2.05, 4.69) is 37.2 Å². The molecule has 0 fully saturated rings. The van der Waals surface area contributed by atoms with Gasteiger partial charge in [-0.25, -0.2) is 0 Å². The van der Waals surface area contributed by atoms with Gasteiger partial charge in [-0.1, -0.05) is 15.9 Å². The molecule has 2 aromatic rings. The Hall–Kier alpha value is -1.07. The Kier molecular flexibility index (Phi) is 4.60. The van der Waals surface area contributed by atoms with Crippen molar-refractivity contribution in [3.05, 3.63) is 56.9 Å². The van der Waals surface area contributed by atoms with Crippen molar-refractivity contribution in [1.82, 2.24) is 5.32 Å². The van der Waals surface area contributed by atoms with E-state index in [1.54, 1.807) is 12.3 Å². The van der Waals surface area contributed by atoms with Crippen LogP contribution in [0.5, 0.6) is 0 Å². The van der Waals surface area contributed by atoms with E-state index in [0.717, 1.165) is 14.7 Å². The summed E-state index contributed by atoms with van der Waals surface area (Å²) in [5.74, 6) is 0.770. The summed E-state index contributed by atoms with van der Waals surface area (Å²) in [6, 6.07) is 9.19. The number of furan rings is 1. The first-order valence-corrected chi connectivity index (χ1v) is 7.01. The Morgan fingerprint density at radius 2 is 2.11 bits per heavy atom. The average molecular weight is 373 g/mol. The van der Waals surface area contributed by atoms with Gasteiger partial charge in [0.1, 0.15) is 5.76 Å². The Bertz CT molecular complexity index is 538. The first kappa shape index (κ1) is 13.4. The lowest BCUT2D eigenvalue weighted by atomic mass is 10.2. The summed E-state index contributed by atoms with van der Waals surface area (Å²) < 4.78 is 6.90. The van der Waals surface area contributed by atoms with Crippen molar-refractivity contribution in [3.63, 3.8) is 0 Å². The SMILES string of the molecule is O=C(NCCc1ccco1)c1ccc(Br)cc1Br. The van der Waals surface area contributed by atoms with Gasteiger partial charge in [-0.2, -0.15) is 0 Å². The first-order valence-electron chi connectivity index (χ1n) is 5.42. The quantitative estimate of drug-likeness (QED) is 0.887. The summed E-state index contributed by atoms with van der Waals surface area (Å²) in [4.78, 5) is 11.9. The Labute approximate surface area is 122 Å². The topological polar surface area (TPSA) is 42.2 Å². The lowest BCUT2D eigenvalue weighted by Crippen LogP contribution is -2.25. The number of nitrogens with one attached hydrogen (secondary N) is 1. The molecule has 0 atom stereocenters. The molecule has 1 aromatic carbocycles. The van der Waals surface area contributed by atoms with E-state index in [-0.39, 0.29) is 5.91 Å². The smallest absolute Gasteiger partial charge is 0.252 e. The maximum atomic E-state index is 11.9. The van der Waals surface area contributed by atoms with Crippen molar-refractivity contribution in [2.75, 3.05) is 6.54 Å². The molecule has 0 aliphatic heterocycles. The Balaban J connectivity index is 1.91. The fourth-order valence-corrected chi connectivity index (χ4v) is 2.75. The molecule has 0 radical (unpaired) electrons. The van der Waals surface area contributed by atoms with Crippen LogP contribution < -0.4 is 5.32 Å². The second-order valence-corrected chi connectivity index (χ2v) is 5.48. The van der Waals surface area contributed by atoms with Gasteiger partial charge in [-0.05, 0) is 46.3 Å². The molecule has 0 saturated heterocycles. The second kappa shape index (κ2) is 6.20. The number of carbonyl (C=O) groups is 1. The molecule has 0 bridgehead atoms. The van der Waals surface area contributed by atoms with Gasteiger partial charge in [0.2, 0.25) is 0 Å². The highest BCUT2D eigenvalue weighted by Crippen LogP contribution is 2.21. The third-order valence-electron chi connectivity index (χ3n) is 2.41. The third-order valence-corrected chi connectivity index (χ3v) is 3.56. The van der Waals surface area contributed by atoms with Crippen LogP contribution in [0, 0.1) is 0 Å². The minimum atomic E-state index is -0.0964. The highest BCUT2D eigenvalue weighted by molar-refractivity contribution is 9.11. The third kappa shape index (κ3) is 3.46. The van der Waals surface area contributed by atoms with Crippen LogP contribution >= 0.6 is 31.9 Å². The predicted molar refractivity (Wildman–Crippen MR) is 76.6 cm³/mol. The molecule has 1 amide bonds. The van der Waals surface area contributed by atoms with Crippen molar-refractivity contribution >= 4 is 37.8 Å². The van der Waals surface area contributed by atoms with Gasteiger partial charge >= 0.3 is 0 Å². The molecule has 94 valence electrons. The monoisotopic (exact) mass is 371 g/mol. The minimum Gasteiger partial charge on any atom is -0.469 e. The predicted octanol–water partition coefficient (Wildman–Crippen LogP) is 3.78. The van der Waals surface area contributed by atoms with E-state index in [0.29, 0.717) is 18.5 Å². The molecule has 0 unspecified atom stereocenters. The largest absolute Gasteiger partial charge is 0.469 e. The lowest BCUT2D eigenvalue weighted by Gasteiger charge is -2.06. The van der Waals surface area contributed by atoms with E-state index in [9.17, 15) is 4.79 Å². The van der Waals surface area contributed by atoms with Crippen LogP contribution in [0.15, 0.2) is 50.0 Å². The molecule has 0 aliphatic carbocycles. The molecule has 2 rings (SSSR count). The van der Waals surface area contributed by atoms with Crippen LogP contribution in [-0.2, 0) is 6.42 Å². The maximum absolute atomic E-state index is 11.9. The zero-order chi connectivity index (χ0) is 13.0. The molecule has 18 heavy (non-hydrogen) atoms. The summed E-state index contributed by atoms with van der Waals surface area (Å²) in [7, 11) is 0. The zero-order valence-electron chi connectivity index (χ0n) is 9.45. The average Bonchev–Trinajstić information content (AvgIpc) is 2.81. The number of carbonyl (C=O) groups excluding carboxylic acids is 1. The molecule has 3 nitrogen and oxygen atoms in total. The Morgan fingerprint density at radius 1 is 1.28 bits per heavy atom.